The predicted molar refractivity (Wildman–Crippen MR) is 73.1 cm³/mol. The van der Waals surface area contributed by atoms with Crippen molar-refractivity contribution in [3.8, 4) is 0 Å². The van der Waals surface area contributed by atoms with Gasteiger partial charge in [0, 0.05) is 13.1 Å². The fourth-order valence-corrected chi connectivity index (χ4v) is 2.03. The minimum atomic E-state index is -0.322. The summed E-state index contributed by atoms with van der Waals surface area (Å²) >= 11 is 0. The lowest BCUT2D eigenvalue weighted by molar-refractivity contribution is -0.383. The second-order valence-electron chi connectivity index (χ2n) is 4.65. The Morgan fingerprint density at radius 2 is 2.00 bits per heavy atom. The van der Waals surface area contributed by atoms with Crippen LogP contribution in [0.1, 0.15) is 26.2 Å². The molecule has 5 heteroatoms. The van der Waals surface area contributed by atoms with Gasteiger partial charge in [-0.05, 0) is 31.4 Å². The molecule has 2 rings (SSSR count). The number of para-hydroxylation sites is 1. The molecule has 0 unspecified atom stereocenters. The largest absolute Gasteiger partial charge is 0.380 e. The molecule has 1 aliphatic rings. The Labute approximate surface area is 107 Å². The molecule has 0 bridgehead atoms. The molecule has 1 aromatic carbocycles. The summed E-state index contributed by atoms with van der Waals surface area (Å²) in [5.41, 5.74) is 1.34. The van der Waals surface area contributed by atoms with E-state index in [0.29, 0.717) is 17.9 Å². The van der Waals surface area contributed by atoms with Gasteiger partial charge in [-0.25, -0.2) is 0 Å². The van der Waals surface area contributed by atoms with Crippen LogP contribution in [0.4, 0.5) is 17.1 Å². The minimum absolute atomic E-state index is 0.148. The maximum atomic E-state index is 11.2. The standard InChI is InChI=1S/C13H19N3O2/c1-2-14-11-4-3-5-12(13(11)16(17)18)15-9-8-10-6-7-10/h3-5,10,14-15H,2,6-9H2,1H3. The Hall–Kier alpha value is -1.78. The van der Waals surface area contributed by atoms with Gasteiger partial charge in [0.1, 0.15) is 11.4 Å². The van der Waals surface area contributed by atoms with Gasteiger partial charge in [0.25, 0.3) is 0 Å². The van der Waals surface area contributed by atoms with Crippen molar-refractivity contribution in [1.29, 1.82) is 0 Å². The zero-order valence-electron chi connectivity index (χ0n) is 10.6. The number of nitrogens with one attached hydrogen (secondary N) is 2. The third-order valence-electron chi connectivity index (χ3n) is 3.15. The van der Waals surface area contributed by atoms with Crippen molar-refractivity contribution in [2.75, 3.05) is 23.7 Å². The molecule has 1 aromatic rings. The summed E-state index contributed by atoms with van der Waals surface area (Å²) in [6.45, 7) is 3.41. The lowest BCUT2D eigenvalue weighted by Crippen LogP contribution is -2.07. The van der Waals surface area contributed by atoms with E-state index in [-0.39, 0.29) is 10.6 Å². The van der Waals surface area contributed by atoms with Gasteiger partial charge in [-0.15, -0.1) is 0 Å². The monoisotopic (exact) mass is 249 g/mol. The number of benzene rings is 1. The Morgan fingerprint density at radius 3 is 2.56 bits per heavy atom. The third kappa shape index (κ3) is 3.12. The molecule has 2 N–H and O–H groups in total. The van der Waals surface area contributed by atoms with E-state index in [2.05, 4.69) is 10.6 Å². The molecule has 5 nitrogen and oxygen atoms in total. The summed E-state index contributed by atoms with van der Waals surface area (Å²) < 4.78 is 0. The minimum Gasteiger partial charge on any atom is -0.380 e. The van der Waals surface area contributed by atoms with Gasteiger partial charge >= 0.3 is 5.69 Å². The summed E-state index contributed by atoms with van der Waals surface area (Å²) in [6, 6.07) is 5.35. The van der Waals surface area contributed by atoms with Crippen molar-refractivity contribution >= 4 is 17.1 Å². The van der Waals surface area contributed by atoms with Crippen LogP contribution in [-0.4, -0.2) is 18.0 Å². The second kappa shape index (κ2) is 5.71. The average molecular weight is 249 g/mol. The number of hydrogen-bond donors (Lipinski definition) is 2. The van der Waals surface area contributed by atoms with E-state index < -0.39 is 0 Å². The molecule has 0 atom stereocenters. The van der Waals surface area contributed by atoms with Crippen LogP contribution in [0, 0.1) is 16.0 Å². The first kappa shape index (κ1) is 12.7. The molecular weight excluding hydrogens is 230 g/mol. The molecule has 1 saturated carbocycles. The van der Waals surface area contributed by atoms with E-state index >= 15 is 0 Å². The van der Waals surface area contributed by atoms with E-state index in [0.717, 1.165) is 18.9 Å². The van der Waals surface area contributed by atoms with Crippen LogP contribution in [0.15, 0.2) is 18.2 Å². The molecule has 0 amide bonds. The summed E-state index contributed by atoms with van der Waals surface area (Å²) in [6.07, 6.45) is 3.71. The van der Waals surface area contributed by atoms with Crippen LogP contribution >= 0.6 is 0 Å². The van der Waals surface area contributed by atoms with Crippen molar-refractivity contribution < 1.29 is 4.92 Å². The van der Waals surface area contributed by atoms with Gasteiger partial charge in [-0.2, -0.15) is 0 Å². The van der Waals surface area contributed by atoms with E-state index in [4.69, 9.17) is 0 Å². The highest BCUT2D eigenvalue weighted by molar-refractivity contribution is 5.76. The number of nitro benzene ring substituents is 1. The zero-order valence-corrected chi connectivity index (χ0v) is 10.6. The van der Waals surface area contributed by atoms with Gasteiger partial charge in [-0.3, -0.25) is 10.1 Å². The fraction of sp³-hybridized carbons (Fsp3) is 0.538. The van der Waals surface area contributed by atoms with E-state index in [9.17, 15) is 10.1 Å². The molecule has 18 heavy (non-hydrogen) atoms. The Bertz CT molecular complexity index is 430. The lowest BCUT2D eigenvalue weighted by atomic mass is 10.2. The molecule has 0 saturated heterocycles. The number of nitro groups is 1. The molecule has 0 aliphatic heterocycles. The van der Waals surface area contributed by atoms with Crippen LogP contribution in [0.2, 0.25) is 0 Å². The first-order valence-corrected chi connectivity index (χ1v) is 6.47. The van der Waals surface area contributed by atoms with Crippen molar-refractivity contribution in [3.05, 3.63) is 28.3 Å². The molecule has 1 aliphatic carbocycles. The highest BCUT2D eigenvalue weighted by atomic mass is 16.6. The van der Waals surface area contributed by atoms with Gasteiger partial charge in [0.2, 0.25) is 0 Å². The lowest BCUT2D eigenvalue weighted by Gasteiger charge is -2.10. The summed E-state index contributed by atoms with van der Waals surface area (Å²) in [4.78, 5) is 10.8. The molecule has 0 heterocycles. The van der Waals surface area contributed by atoms with Crippen molar-refractivity contribution in [1.82, 2.24) is 0 Å². The van der Waals surface area contributed by atoms with E-state index in [1.807, 2.05) is 13.0 Å². The van der Waals surface area contributed by atoms with Crippen LogP contribution in [-0.2, 0) is 0 Å². The average Bonchev–Trinajstić information content (AvgIpc) is 3.13. The molecular formula is C13H19N3O2. The van der Waals surface area contributed by atoms with Crippen LogP contribution in [0.3, 0.4) is 0 Å². The smallest absolute Gasteiger partial charge is 0.315 e. The highest BCUT2D eigenvalue weighted by Crippen LogP contribution is 2.35. The van der Waals surface area contributed by atoms with Crippen LogP contribution in [0.5, 0.6) is 0 Å². The fourth-order valence-electron chi connectivity index (χ4n) is 2.03. The molecule has 98 valence electrons. The van der Waals surface area contributed by atoms with Crippen LogP contribution < -0.4 is 10.6 Å². The summed E-state index contributed by atoms with van der Waals surface area (Å²) in [5, 5.41) is 17.4. The SMILES string of the molecule is CCNc1cccc(NCCC2CC2)c1[N+](=O)[O-]. The summed E-state index contributed by atoms with van der Waals surface area (Å²) in [5.74, 6) is 0.827. The van der Waals surface area contributed by atoms with Gasteiger partial charge < -0.3 is 10.6 Å². The molecule has 1 fully saturated rings. The Balaban J connectivity index is 2.10. The maximum Gasteiger partial charge on any atom is 0.315 e. The molecule has 0 radical (unpaired) electrons. The zero-order chi connectivity index (χ0) is 13.0. The number of anilines is 2. The Kier molecular flexibility index (Phi) is 4.02. The maximum absolute atomic E-state index is 11.2. The van der Waals surface area contributed by atoms with E-state index in [1.165, 1.54) is 12.8 Å². The quantitative estimate of drug-likeness (QED) is 0.575. The summed E-state index contributed by atoms with van der Waals surface area (Å²) in [7, 11) is 0. The van der Waals surface area contributed by atoms with Gasteiger partial charge in [-0.1, -0.05) is 18.9 Å². The number of nitrogens with zero attached hydrogens (tertiary/aromatic N) is 1. The van der Waals surface area contributed by atoms with E-state index in [1.54, 1.807) is 12.1 Å². The second-order valence-corrected chi connectivity index (χ2v) is 4.65. The predicted octanol–water partition coefficient (Wildman–Crippen LogP) is 3.24. The Morgan fingerprint density at radius 1 is 1.33 bits per heavy atom. The van der Waals surface area contributed by atoms with Crippen molar-refractivity contribution in [2.24, 2.45) is 5.92 Å². The molecule has 0 spiro atoms. The van der Waals surface area contributed by atoms with Gasteiger partial charge in [0.05, 0.1) is 4.92 Å². The third-order valence-corrected chi connectivity index (χ3v) is 3.15. The van der Waals surface area contributed by atoms with Crippen molar-refractivity contribution in [2.45, 2.75) is 26.2 Å². The topological polar surface area (TPSA) is 67.2 Å². The number of rotatable bonds is 7. The first-order valence-electron chi connectivity index (χ1n) is 6.47. The van der Waals surface area contributed by atoms with Crippen molar-refractivity contribution in [3.63, 3.8) is 0 Å². The first-order chi connectivity index (χ1) is 8.72. The molecule has 0 aromatic heterocycles. The van der Waals surface area contributed by atoms with Crippen LogP contribution in [0.25, 0.3) is 0 Å². The van der Waals surface area contributed by atoms with Gasteiger partial charge in [0.15, 0.2) is 0 Å². The number of hydrogen-bond acceptors (Lipinski definition) is 4. The highest BCUT2D eigenvalue weighted by Gasteiger charge is 2.22. The normalized spacial score (nSPS) is 14.3.